The molecule has 1 heterocycles. The summed E-state index contributed by atoms with van der Waals surface area (Å²) >= 11 is 11.9. The molecule has 1 aromatic heterocycles. The molecule has 0 bridgehead atoms. The van der Waals surface area contributed by atoms with E-state index in [0.29, 0.717) is 33.3 Å². The van der Waals surface area contributed by atoms with Gasteiger partial charge in [-0.05, 0) is 18.2 Å². The summed E-state index contributed by atoms with van der Waals surface area (Å²) in [5.74, 6) is 1.83. The Bertz CT molecular complexity index is 619. The van der Waals surface area contributed by atoms with Gasteiger partial charge in [0.2, 0.25) is 5.88 Å². The SMILES string of the molecule is CC(C)(C)c1nc(N)cc(Oc2cc(Cl)cc(Cl)c2)n1. The van der Waals surface area contributed by atoms with Crippen molar-refractivity contribution in [2.24, 2.45) is 0 Å². The Morgan fingerprint density at radius 3 is 2.15 bits per heavy atom. The maximum absolute atomic E-state index is 5.93. The molecule has 20 heavy (non-hydrogen) atoms. The van der Waals surface area contributed by atoms with Gasteiger partial charge in [-0.3, -0.25) is 0 Å². The Hall–Kier alpha value is -1.52. The third-order valence-corrected chi connectivity index (χ3v) is 2.89. The highest BCUT2D eigenvalue weighted by atomic mass is 35.5. The van der Waals surface area contributed by atoms with Crippen molar-refractivity contribution in [1.82, 2.24) is 9.97 Å². The molecule has 0 radical (unpaired) electrons. The molecule has 1 aromatic carbocycles. The van der Waals surface area contributed by atoms with E-state index in [-0.39, 0.29) is 5.41 Å². The number of benzene rings is 1. The average molecular weight is 312 g/mol. The van der Waals surface area contributed by atoms with E-state index in [0.717, 1.165) is 0 Å². The van der Waals surface area contributed by atoms with Crippen molar-refractivity contribution in [3.05, 3.63) is 40.1 Å². The maximum Gasteiger partial charge on any atom is 0.224 e. The van der Waals surface area contributed by atoms with Gasteiger partial charge < -0.3 is 10.5 Å². The Morgan fingerprint density at radius 2 is 1.60 bits per heavy atom. The normalized spacial score (nSPS) is 11.4. The fourth-order valence-corrected chi connectivity index (χ4v) is 2.04. The van der Waals surface area contributed by atoms with Gasteiger partial charge in [0.15, 0.2) is 0 Å². The predicted molar refractivity (Wildman–Crippen MR) is 81.7 cm³/mol. The fraction of sp³-hybridized carbons (Fsp3) is 0.286. The van der Waals surface area contributed by atoms with E-state index in [4.69, 9.17) is 33.7 Å². The molecule has 6 heteroatoms. The van der Waals surface area contributed by atoms with Crippen LogP contribution in [0.25, 0.3) is 0 Å². The summed E-state index contributed by atoms with van der Waals surface area (Å²) in [4.78, 5) is 8.58. The Morgan fingerprint density at radius 1 is 1.00 bits per heavy atom. The lowest BCUT2D eigenvalue weighted by Crippen LogP contribution is -2.17. The van der Waals surface area contributed by atoms with Crippen LogP contribution >= 0.6 is 23.2 Å². The van der Waals surface area contributed by atoms with Gasteiger partial charge in [0.05, 0.1) is 0 Å². The van der Waals surface area contributed by atoms with E-state index in [1.165, 1.54) is 0 Å². The minimum absolute atomic E-state index is 0.223. The van der Waals surface area contributed by atoms with Crippen molar-refractivity contribution in [3.63, 3.8) is 0 Å². The molecule has 2 rings (SSSR count). The first kappa shape index (κ1) is 14.9. The number of rotatable bonds is 2. The number of halogens is 2. The molecule has 0 unspecified atom stereocenters. The number of hydrogen-bond acceptors (Lipinski definition) is 4. The van der Waals surface area contributed by atoms with Gasteiger partial charge in [-0.25, -0.2) is 4.98 Å². The van der Waals surface area contributed by atoms with Crippen molar-refractivity contribution >= 4 is 29.0 Å². The number of nitrogens with two attached hydrogens (primary N) is 1. The molecule has 0 aliphatic rings. The minimum Gasteiger partial charge on any atom is -0.439 e. The number of hydrogen-bond donors (Lipinski definition) is 1. The number of anilines is 1. The second kappa shape index (κ2) is 5.46. The van der Waals surface area contributed by atoms with Crippen LogP contribution in [0.15, 0.2) is 24.3 Å². The third kappa shape index (κ3) is 3.74. The molecule has 0 aliphatic carbocycles. The topological polar surface area (TPSA) is 61.0 Å². The van der Waals surface area contributed by atoms with Gasteiger partial charge >= 0.3 is 0 Å². The standard InChI is InChI=1S/C14H15Cl2N3O/c1-14(2,3)13-18-11(17)7-12(19-13)20-10-5-8(15)4-9(16)6-10/h4-7H,1-3H3,(H2,17,18,19). The largest absolute Gasteiger partial charge is 0.439 e. The van der Waals surface area contributed by atoms with Gasteiger partial charge in [-0.1, -0.05) is 44.0 Å². The van der Waals surface area contributed by atoms with Crippen LogP contribution in [0.3, 0.4) is 0 Å². The molecule has 0 fully saturated rings. The minimum atomic E-state index is -0.223. The van der Waals surface area contributed by atoms with Gasteiger partial charge in [0.1, 0.15) is 17.4 Å². The fourth-order valence-electron chi connectivity index (χ4n) is 1.54. The molecule has 0 atom stereocenters. The zero-order valence-corrected chi connectivity index (χ0v) is 13.0. The van der Waals surface area contributed by atoms with E-state index in [9.17, 15) is 0 Å². The van der Waals surface area contributed by atoms with E-state index >= 15 is 0 Å². The monoisotopic (exact) mass is 311 g/mol. The molecular formula is C14H15Cl2N3O. The molecule has 2 aromatic rings. The van der Waals surface area contributed by atoms with Crippen LogP contribution in [-0.2, 0) is 5.41 Å². The lowest BCUT2D eigenvalue weighted by molar-refractivity contribution is 0.446. The summed E-state index contributed by atoms with van der Waals surface area (Å²) in [7, 11) is 0. The van der Waals surface area contributed by atoms with Crippen molar-refractivity contribution in [2.45, 2.75) is 26.2 Å². The quantitative estimate of drug-likeness (QED) is 0.889. The average Bonchev–Trinajstić information content (AvgIpc) is 2.25. The molecule has 4 nitrogen and oxygen atoms in total. The van der Waals surface area contributed by atoms with E-state index in [1.807, 2.05) is 20.8 Å². The Kier molecular flexibility index (Phi) is 4.06. The van der Waals surface area contributed by atoms with E-state index < -0.39 is 0 Å². The Balaban J connectivity index is 2.36. The molecule has 0 spiro atoms. The van der Waals surface area contributed by atoms with Crippen LogP contribution < -0.4 is 10.5 Å². The Labute approximate surface area is 127 Å². The second-order valence-electron chi connectivity index (χ2n) is 5.41. The van der Waals surface area contributed by atoms with Crippen LogP contribution in [0.1, 0.15) is 26.6 Å². The zero-order valence-electron chi connectivity index (χ0n) is 11.4. The van der Waals surface area contributed by atoms with Crippen LogP contribution in [0, 0.1) is 0 Å². The molecule has 0 amide bonds. The lowest BCUT2D eigenvalue weighted by atomic mass is 9.96. The first-order valence-corrected chi connectivity index (χ1v) is 6.78. The zero-order chi connectivity index (χ0) is 14.9. The highest BCUT2D eigenvalue weighted by Crippen LogP contribution is 2.29. The number of nitrogen functional groups attached to an aromatic ring is 1. The van der Waals surface area contributed by atoms with Gasteiger partial charge in [0, 0.05) is 21.5 Å². The summed E-state index contributed by atoms with van der Waals surface area (Å²) in [6, 6.07) is 6.50. The van der Waals surface area contributed by atoms with Crippen molar-refractivity contribution < 1.29 is 4.74 Å². The summed E-state index contributed by atoms with van der Waals surface area (Å²) < 4.78 is 5.66. The summed E-state index contributed by atoms with van der Waals surface area (Å²) in [6.45, 7) is 6.01. The number of nitrogens with zero attached hydrogens (tertiary/aromatic N) is 2. The molecule has 0 aliphatic heterocycles. The second-order valence-corrected chi connectivity index (χ2v) is 6.28. The highest BCUT2D eigenvalue weighted by molar-refractivity contribution is 6.34. The number of ether oxygens (including phenoxy) is 1. The smallest absolute Gasteiger partial charge is 0.224 e. The summed E-state index contributed by atoms with van der Waals surface area (Å²) in [6.07, 6.45) is 0. The van der Waals surface area contributed by atoms with Crippen LogP contribution in [0.2, 0.25) is 10.0 Å². The van der Waals surface area contributed by atoms with Crippen molar-refractivity contribution in [3.8, 4) is 11.6 Å². The molecular weight excluding hydrogens is 297 g/mol. The highest BCUT2D eigenvalue weighted by Gasteiger charge is 2.19. The van der Waals surface area contributed by atoms with Crippen molar-refractivity contribution in [2.75, 3.05) is 5.73 Å². The van der Waals surface area contributed by atoms with Crippen molar-refractivity contribution in [1.29, 1.82) is 0 Å². The van der Waals surface area contributed by atoms with Crippen LogP contribution in [-0.4, -0.2) is 9.97 Å². The summed E-state index contributed by atoms with van der Waals surface area (Å²) in [5.41, 5.74) is 5.56. The van der Waals surface area contributed by atoms with Gasteiger partial charge in [0.25, 0.3) is 0 Å². The van der Waals surface area contributed by atoms with E-state index in [1.54, 1.807) is 24.3 Å². The first-order valence-electron chi connectivity index (χ1n) is 6.03. The van der Waals surface area contributed by atoms with Crippen LogP contribution in [0.5, 0.6) is 11.6 Å². The first-order chi connectivity index (χ1) is 9.24. The van der Waals surface area contributed by atoms with E-state index in [2.05, 4.69) is 9.97 Å². The lowest BCUT2D eigenvalue weighted by Gasteiger charge is -2.17. The summed E-state index contributed by atoms with van der Waals surface area (Å²) in [5, 5.41) is 0.983. The predicted octanol–water partition coefficient (Wildman–Crippen LogP) is 4.46. The third-order valence-electron chi connectivity index (χ3n) is 2.45. The van der Waals surface area contributed by atoms with Gasteiger partial charge in [-0.2, -0.15) is 4.98 Å². The number of aromatic nitrogens is 2. The maximum atomic E-state index is 5.93. The molecule has 106 valence electrons. The van der Waals surface area contributed by atoms with Crippen LogP contribution in [0.4, 0.5) is 5.82 Å². The molecule has 0 saturated heterocycles. The molecule has 0 saturated carbocycles. The molecule has 2 N–H and O–H groups in total. The van der Waals surface area contributed by atoms with Gasteiger partial charge in [-0.15, -0.1) is 0 Å².